The van der Waals surface area contributed by atoms with Gasteiger partial charge < -0.3 is 19.9 Å². The molecule has 8 heteroatoms. The molecule has 0 saturated heterocycles. The minimum absolute atomic E-state index is 0.338. The molecule has 5 rings (SSSR count). The zero-order valence-electron chi connectivity index (χ0n) is 19.2. The van der Waals surface area contributed by atoms with Gasteiger partial charge in [0, 0.05) is 12.6 Å². The molecular formula is C26H29N3O5. The molecule has 0 spiro atoms. The van der Waals surface area contributed by atoms with Crippen molar-refractivity contribution in [2.45, 2.75) is 57.6 Å². The number of benzene rings is 1. The molecule has 8 nitrogen and oxygen atoms in total. The van der Waals surface area contributed by atoms with Crippen LogP contribution in [0.5, 0.6) is 5.75 Å². The van der Waals surface area contributed by atoms with Crippen molar-refractivity contribution in [3.8, 4) is 5.75 Å². The second kappa shape index (κ2) is 9.37. The van der Waals surface area contributed by atoms with Gasteiger partial charge in [-0.15, -0.1) is 0 Å². The number of pyridine rings is 1. The zero-order valence-corrected chi connectivity index (χ0v) is 19.2. The number of nitrogens with one attached hydrogen (secondary N) is 1. The van der Waals surface area contributed by atoms with Gasteiger partial charge in [-0.2, -0.15) is 0 Å². The Bertz CT molecular complexity index is 1210. The predicted molar refractivity (Wildman–Crippen MR) is 125 cm³/mol. The van der Waals surface area contributed by atoms with Gasteiger partial charge in [-0.05, 0) is 48.9 Å². The first kappa shape index (κ1) is 22.3. The van der Waals surface area contributed by atoms with Gasteiger partial charge in [0.25, 0.3) is 5.91 Å². The van der Waals surface area contributed by atoms with Crippen molar-refractivity contribution >= 4 is 17.7 Å². The fourth-order valence-corrected chi connectivity index (χ4v) is 5.28. The molecule has 1 amide bonds. The van der Waals surface area contributed by atoms with E-state index in [-0.39, 0.29) is 5.91 Å². The minimum Gasteiger partial charge on any atom is -0.489 e. The molecule has 1 aromatic carbocycles. The summed E-state index contributed by atoms with van der Waals surface area (Å²) in [5, 5.41) is 12.2. The number of imidazole rings is 1. The SMILES string of the molecule is Cc1nc2c(OCC3CCCCC3)cccn2c1C(=O)N[C@H]1c2ccccc2C[C@H]1OC(=O)O. The maximum Gasteiger partial charge on any atom is 0.506 e. The van der Waals surface area contributed by atoms with E-state index in [1.54, 1.807) is 17.5 Å². The lowest BCUT2D eigenvalue weighted by molar-refractivity contribution is 0.0382. The molecule has 0 aliphatic heterocycles. The van der Waals surface area contributed by atoms with E-state index in [2.05, 4.69) is 10.3 Å². The summed E-state index contributed by atoms with van der Waals surface area (Å²) in [7, 11) is 0. The van der Waals surface area contributed by atoms with Crippen molar-refractivity contribution in [2.75, 3.05) is 6.61 Å². The van der Waals surface area contributed by atoms with E-state index in [0.29, 0.717) is 41.7 Å². The molecule has 34 heavy (non-hydrogen) atoms. The lowest BCUT2D eigenvalue weighted by atomic mass is 9.90. The number of aromatic nitrogens is 2. The van der Waals surface area contributed by atoms with Crippen LogP contribution in [-0.2, 0) is 11.2 Å². The normalized spacial score (nSPS) is 20.1. The highest BCUT2D eigenvalue weighted by Crippen LogP contribution is 2.34. The third kappa shape index (κ3) is 4.32. The molecule has 2 aliphatic rings. The molecule has 0 bridgehead atoms. The largest absolute Gasteiger partial charge is 0.506 e. The first-order valence-corrected chi connectivity index (χ1v) is 11.9. The van der Waals surface area contributed by atoms with Crippen LogP contribution in [0.4, 0.5) is 4.79 Å². The maximum absolute atomic E-state index is 13.4. The van der Waals surface area contributed by atoms with Crippen molar-refractivity contribution < 1.29 is 24.2 Å². The summed E-state index contributed by atoms with van der Waals surface area (Å²) in [6.07, 6.45) is 6.34. The molecule has 1 saturated carbocycles. The Morgan fingerprint density at radius 2 is 1.94 bits per heavy atom. The molecule has 2 atom stereocenters. The summed E-state index contributed by atoms with van der Waals surface area (Å²) < 4.78 is 13.0. The molecule has 2 aromatic heterocycles. The third-order valence-corrected chi connectivity index (χ3v) is 6.92. The van der Waals surface area contributed by atoms with Gasteiger partial charge in [-0.1, -0.05) is 43.5 Å². The van der Waals surface area contributed by atoms with E-state index < -0.39 is 18.3 Å². The van der Waals surface area contributed by atoms with E-state index in [1.807, 2.05) is 36.4 Å². The molecule has 2 N–H and O–H groups in total. The standard InChI is InChI=1S/C26H29N3O5/c1-16-23(25(30)28-22-19-11-6-5-10-18(19)14-21(22)34-26(31)32)29-13-7-12-20(24(29)27-16)33-15-17-8-3-2-4-9-17/h5-7,10-13,17,21-22H,2-4,8-9,14-15H2,1H3,(H,28,30)(H,31,32)/t21-,22+/m1/s1. The third-order valence-electron chi connectivity index (χ3n) is 6.92. The van der Waals surface area contributed by atoms with Gasteiger partial charge in [-0.3, -0.25) is 9.20 Å². The predicted octanol–water partition coefficient (Wildman–Crippen LogP) is 4.69. The fraction of sp³-hybridized carbons (Fsp3) is 0.423. The molecule has 3 aromatic rings. The van der Waals surface area contributed by atoms with Crippen LogP contribution in [0.25, 0.3) is 5.65 Å². The highest BCUT2D eigenvalue weighted by Gasteiger charge is 2.37. The summed E-state index contributed by atoms with van der Waals surface area (Å²) in [5.74, 6) is 0.880. The van der Waals surface area contributed by atoms with Gasteiger partial charge >= 0.3 is 6.16 Å². The Hall–Kier alpha value is -3.55. The molecule has 178 valence electrons. The van der Waals surface area contributed by atoms with E-state index in [9.17, 15) is 14.7 Å². The van der Waals surface area contributed by atoms with Gasteiger partial charge in [0.1, 0.15) is 11.8 Å². The molecule has 2 heterocycles. The van der Waals surface area contributed by atoms with Crippen LogP contribution < -0.4 is 10.1 Å². The van der Waals surface area contributed by atoms with Crippen LogP contribution >= 0.6 is 0 Å². The van der Waals surface area contributed by atoms with Gasteiger partial charge in [0.2, 0.25) is 0 Å². The highest BCUT2D eigenvalue weighted by atomic mass is 16.7. The van der Waals surface area contributed by atoms with Gasteiger partial charge in [0.15, 0.2) is 11.4 Å². The Balaban J connectivity index is 1.39. The second-order valence-corrected chi connectivity index (χ2v) is 9.20. The van der Waals surface area contributed by atoms with Crippen LogP contribution in [0.1, 0.15) is 65.5 Å². The van der Waals surface area contributed by atoms with Crippen LogP contribution in [0.3, 0.4) is 0 Å². The number of carboxylic acid groups (broad SMARTS) is 1. The average Bonchev–Trinajstić information content (AvgIpc) is 3.34. The summed E-state index contributed by atoms with van der Waals surface area (Å²) in [5.41, 5.74) is 3.41. The minimum atomic E-state index is -1.36. The average molecular weight is 464 g/mol. The number of carbonyl (C=O) groups excluding carboxylic acids is 1. The smallest absolute Gasteiger partial charge is 0.489 e. The molecule has 0 unspecified atom stereocenters. The lowest BCUT2D eigenvalue weighted by Crippen LogP contribution is -2.37. The number of nitrogens with zero attached hydrogens (tertiary/aromatic N) is 2. The number of amides is 1. The van der Waals surface area contributed by atoms with E-state index in [1.165, 1.54) is 32.1 Å². The van der Waals surface area contributed by atoms with Crippen molar-refractivity contribution in [1.29, 1.82) is 0 Å². The molecular weight excluding hydrogens is 434 g/mol. The van der Waals surface area contributed by atoms with Crippen molar-refractivity contribution in [2.24, 2.45) is 5.92 Å². The maximum atomic E-state index is 13.4. The van der Waals surface area contributed by atoms with Crippen LogP contribution in [0, 0.1) is 12.8 Å². The highest BCUT2D eigenvalue weighted by molar-refractivity contribution is 5.95. The van der Waals surface area contributed by atoms with E-state index in [0.717, 1.165) is 11.1 Å². The molecule has 0 radical (unpaired) electrons. The van der Waals surface area contributed by atoms with E-state index >= 15 is 0 Å². The van der Waals surface area contributed by atoms with Crippen LogP contribution in [0.15, 0.2) is 42.6 Å². The number of rotatable bonds is 6. The number of carbonyl (C=O) groups is 2. The van der Waals surface area contributed by atoms with Crippen molar-refractivity contribution in [3.05, 3.63) is 65.1 Å². The Morgan fingerprint density at radius 1 is 1.15 bits per heavy atom. The second-order valence-electron chi connectivity index (χ2n) is 9.20. The number of hydrogen-bond donors (Lipinski definition) is 2. The molecule has 1 fully saturated rings. The zero-order chi connectivity index (χ0) is 23.7. The Kier molecular flexibility index (Phi) is 6.13. The number of aryl methyl sites for hydroxylation is 1. The van der Waals surface area contributed by atoms with Gasteiger partial charge in [0.05, 0.1) is 18.3 Å². The number of ether oxygens (including phenoxy) is 2. The van der Waals surface area contributed by atoms with E-state index in [4.69, 9.17) is 9.47 Å². The lowest BCUT2D eigenvalue weighted by Gasteiger charge is -2.22. The summed E-state index contributed by atoms with van der Waals surface area (Å²) in [6.45, 7) is 2.45. The van der Waals surface area contributed by atoms with Crippen LogP contribution in [-0.4, -0.2) is 39.3 Å². The topological polar surface area (TPSA) is 102 Å². The summed E-state index contributed by atoms with van der Waals surface area (Å²) in [4.78, 5) is 29.3. The monoisotopic (exact) mass is 463 g/mol. The quantitative estimate of drug-likeness (QED) is 0.514. The summed E-state index contributed by atoms with van der Waals surface area (Å²) in [6, 6.07) is 10.7. The van der Waals surface area contributed by atoms with Crippen molar-refractivity contribution in [1.82, 2.24) is 14.7 Å². The Labute approximate surface area is 197 Å². The van der Waals surface area contributed by atoms with Crippen molar-refractivity contribution in [3.63, 3.8) is 0 Å². The number of fused-ring (bicyclic) bond motifs is 2. The molecule has 2 aliphatic carbocycles. The van der Waals surface area contributed by atoms with Gasteiger partial charge in [-0.25, -0.2) is 9.78 Å². The number of hydrogen-bond acceptors (Lipinski definition) is 5. The van der Waals surface area contributed by atoms with Crippen LogP contribution in [0.2, 0.25) is 0 Å². The first-order chi connectivity index (χ1) is 16.5. The Morgan fingerprint density at radius 3 is 2.74 bits per heavy atom. The first-order valence-electron chi connectivity index (χ1n) is 11.9. The summed E-state index contributed by atoms with van der Waals surface area (Å²) >= 11 is 0. The fourth-order valence-electron chi connectivity index (χ4n) is 5.28.